The summed E-state index contributed by atoms with van der Waals surface area (Å²) in [6.07, 6.45) is 0.263. The van der Waals surface area contributed by atoms with Gasteiger partial charge < -0.3 is 20.4 Å². The summed E-state index contributed by atoms with van der Waals surface area (Å²) < 4.78 is 0. The first-order valence-corrected chi connectivity index (χ1v) is 6.10. The van der Waals surface area contributed by atoms with Crippen molar-refractivity contribution in [3.8, 4) is 0 Å². The van der Waals surface area contributed by atoms with Crippen molar-refractivity contribution in [2.75, 3.05) is 7.05 Å². The van der Waals surface area contributed by atoms with Gasteiger partial charge in [-0.3, -0.25) is 4.79 Å². The van der Waals surface area contributed by atoms with Gasteiger partial charge in [0.05, 0.1) is 0 Å². The van der Waals surface area contributed by atoms with Crippen LogP contribution in [0.5, 0.6) is 0 Å². The van der Waals surface area contributed by atoms with Gasteiger partial charge in [0.15, 0.2) is 0 Å². The molecule has 0 aromatic carbocycles. The molecule has 0 saturated heterocycles. The van der Waals surface area contributed by atoms with Crippen LogP contribution in [0.4, 0.5) is 4.79 Å². The Morgan fingerprint density at radius 3 is 2.16 bits per heavy atom. The molecular formula is C12H22N2O5. The molecule has 110 valence electrons. The van der Waals surface area contributed by atoms with E-state index in [-0.39, 0.29) is 12.8 Å². The molecule has 0 heterocycles. The zero-order valence-corrected chi connectivity index (χ0v) is 11.8. The molecule has 1 atom stereocenters. The Kier molecular flexibility index (Phi) is 6.31. The number of aliphatic carboxylic acids is 2. The zero-order chi connectivity index (χ0) is 15.2. The Labute approximate surface area is 112 Å². The maximum absolute atomic E-state index is 11.9. The number of nitrogens with one attached hydrogen (secondary N) is 1. The van der Waals surface area contributed by atoms with Crippen molar-refractivity contribution in [3.63, 3.8) is 0 Å². The molecular weight excluding hydrogens is 252 g/mol. The van der Waals surface area contributed by atoms with E-state index in [0.29, 0.717) is 6.42 Å². The molecule has 0 fully saturated rings. The first-order chi connectivity index (χ1) is 8.61. The third kappa shape index (κ3) is 5.58. The van der Waals surface area contributed by atoms with Crippen molar-refractivity contribution in [2.45, 2.75) is 51.6 Å². The molecule has 0 aliphatic carbocycles. The van der Waals surface area contributed by atoms with Gasteiger partial charge in [-0.25, -0.2) is 9.59 Å². The molecule has 19 heavy (non-hydrogen) atoms. The number of carboxylic acids is 2. The average Bonchev–Trinajstić information content (AvgIpc) is 2.32. The lowest BCUT2D eigenvalue weighted by atomic mass is 10.0. The summed E-state index contributed by atoms with van der Waals surface area (Å²) in [5.41, 5.74) is -0.403. The maximum atomic E-state index is 11.9. The minimum Gasteiger partial charge on any atom is -0.481 e. The van der Waals surface area contributed by atoms with Crippen LogP contribution in [0.15, 0.2) is 0 Å². The molecule has 2 amide bonds. The predicted molar refractivity (Wildman–Crippen MR) is 69.0 cm³/mol. The average molecular weight is 274 g/mol. The van der Waals surface area contributed by atoms with Crippen molar-refractivity contribution in [2.24, 2.45) is 0 Å². The highest BCUT2D eigenvalue weighted by Crippen LogP contribution is 2.16. The van der Waals surface area contributed by atoms with Gasteiger partial charge in [0.2, 0.25) is 0 Å². The molecule has 0 aliphatic heterocycles. The van der Waals surface area contributed by atoms with Gasteiger partial charge in [-0.15, -0.1) is 0 Å². The number of amides is 2. The Bertz CT molecular complexity index is 354. The highest BCUT2D eigenvalue weighted by Gasteiger charge is 2.29. The number of nitrogens with zero attached hydrogens (tertiary/aromatic N) is 1. The molecule has 7 heteroatoms. The molecule has 0 aromatic heterocycles. The Hall–Kier alpha value is -1.79. The lowest BCUT2D eigenvalue weighted by molar-refractivity contribution is -0.140. The summed E-state index contributed by atoms with van der Waals surface area (Å²) >= 11 is 0. The highest BCUT2D eigenvalue weighted by molar-refractivity contribution is 5.83. The van der Waals surface area contributed by atoms with Crippen LogP contribution < -0.4 is 5.32 Å². The van der Waals surface area contributed by atoms with E-state index >= 15 is 0 Å². The topological polar surface area (TPSA) is 107 Å². The molecule has 0 saturated carbocycles. The van der Waals surface area contributed by atoms with Crippen LogP contribution in [0, 0.1) is 0 Å². The van der Waals surface area contributed by atoms with Gasteiger partial charge in [-0.05, 0) is 26.7 Å². The number of hydrogen-bond acceptors (Lipinski definition) is 3. The van der Waals surface area contributed by atoms with E-state index in [1.165, 1.54) is 4.90 Å². The lowest BCUT2D eigenvalue weighted by Crippen LogP contribution is -2.53. The van der Waals surface area contributed by atoms with Gasteiger partial charge in [0, 0.05) is 19.0 Å². The Morgan fingerprint density at radius 2 is 1.79 bits per heavy atom. The van der Waals surface area contributed by atoms with E-state index in [4.69, 9.17) is 10.2 Å². The standard InChI is InChI=1S/C12H22N2O5/c1-5-12(2,3)14(4)11(19)13-8(10(17)18)6-7-9(15)16/h8H,5-7H2,1-4H3,(H,13,19)(H,15,16)(H,17,18)/t8-/m0/s1. The third-order valence-electron chi connectivity index (χ3n) is 3.32. The van der Waals surface area contributed by atoms with E-state index < -0.39 is 29.6 Å². The van der Waals surface area contributed by atoms with Crippen LogP contribution >= 0.6 is 0 Å². The van der Waals surface area contributed by atoms with Gasteiger partial charge in [-0.1, -0.05) is 6.92 Å². The van der Waals surface area contributed by atoms with Crippen LogP contribution in [0.2, 0.25) is 0 Å². The fourth-order valence-electron chi connectivity index (χ4n) is 1.28. The van der Waals surface area contributed by atoms with Crippen molar-refractivity contribution in [1.82, 2.24) is 10.2 Å². The van der Waals surface area contributed by atoms with Crippen molar-refractivity contribution >= 4 is 18.0 Å². The Balaban J connectivity index is 4.64. The van der Waals surface area contributed by atoms with Crippen LogP contribution in [-0.2, 0) is 9.59 Å². The summed E-state index contributed by atoms with van der Waals surface area (Å²) in [6.45, 7) is 5.64. The Morgan fingerprint density at radius 1 is 1.26 bits per heavy atom. The third-order valence-corrected chi connectivity index (χ3v) is 3.32. The minimum absolute atomic E-state index is 0.142. The molecule has 7 nitrogen and oxygen atoms in total. The second-order valence-electron chi connectivity index (χ2n) is 5.00. The highest BCUT2D eigenvalue weighted by atomic mass is 16.4. The normalized spacial score (nSPS) is 12.6. The summed E-state index contributed by atoms with van der Waals surface area (Å²) in [5.74, 6) is -2.33. The molecule has 0 bridgehead atoms. The second kappa shape index (κ2) is 6.96. The quantitative estimate of drug-likeness (QED) is 0.645. The molecule has 0 aliphatic rings. The number of hydrogen-bond donors (Lipinski definition) is 3. The molecule has 0 unspecified atom stereocenters. The second-order valence-corrected chi connectivity index (χ2v) is 5.00. The van der Waals surface area contributed by atoms with E-state index in [0.717, 1.165) is 0 Å². The van der Waals surface area contributed by atoms with Crippen molar-refractivity contribution in [1.29, 1.82) is 0 Å². The van der Waals surface area contributed by atoms with E-state index in [1.54, 1.807) is 7.05 Å². The fourth-order valence-corrected chi connectivity index (χ4v) is 1.28. The van der Waals surface area contributed by atoms with Crippen molar-refractivity contribution in [3.05, 3.63) is 0 Å². The number of carbonyl (C=O) groups is 3. The summed E-state index contributed by atoms with van der Waals surface area (Å²) in [7, 11) is 1.58. The first-order valence-electron chi connectivity index (χ1n) is 6.10. The molecule has 0 rings (SSSR count). The predicted octanol–water partition coefficient (Wildman–Crippen LogP) is 1.13. The van der Waals surface area contributed by atoms with Gasteiger partial charge in [-0.2, -0.15) is 0 Å². The van der Waals surface area contributed by atoms with E-state index in [1.807, 2.05) is 20.8 Å². The number of urea groups is 1. The molecule has 0 spiro atoms. The van der Waals surface area contributed by atoms with Crippen LogP contribution in [0.1, 0.15) is 40.0 Å². The van der Waals surface area contributed by atoms with Gasteiger partial charge >= 0.3 is 18.0 Å². The maximum Gasteiger partial charge on any atom is 0.326 e. The lowest BCUT2D eigenvalue weighted by Gasteiger charge is -2.35. The largest absolute Gasteiger partial charge is 0.481 e. The zero-order valence-electron chi connectivity index (χ0n) is 11.8. The number of carbonyl (C=O) groups excluding carboxylic acids is 1. The monoisotopic (exact) mass is 274 g/mol. The van der Waals surface area contributed by atoms with Gasteiger partial charge in [0.1, 0.15) is 6.04 Å². The van der Waals surface area contributed by atoms with E-state index in [2.05, 4.69) is 5.32 Å². The minimum atomic E-state index is -1.24. The summed E-state index contributed by atoms with van der Waals surface area (Å²) in [4.78, 5) is 34.7. The molecule has 0 aromatic rings. The smallest absolute Gasteiger partial charge is 0.326 e. The van der Waals surface area contributed by atoms with Crippen molar-refractivity contribution < 1.29 is 24.6 Å². The fraction of sp³-hybridized carbons (Fsp3) is 0.750. The number of carboxylic acid groups (broad SMARTS) is 2. The van der Waals surface area contributed by atoms with Crippen LogP contribution in [-0.4, -0.2) is 51.7 Å². The number of rotatable bonds is 7. The molecule has 0 radical (unpaired) electrons. The van der Waals surface area contributed by atoms with Gasteiger partial charge in [0.25, 0.3) is 0 Å². The first kappa shape index (κ1) is 17.2. The van der Waals surface area contributed by atoms with Crippen LogP contribution in [0.3, 0.4) is 0 Å². The SMILES string of the molecule is CCC(C)(C)N(C)C(=O)N[C@@H](CCC(=O)O)C(=O)O. The molecule has 3 N–H and O–H groups in total. The summed E-state index contributed by atoms with van der Waals surface area (Å²) in [5, 5.41) is 19.8. The van der Waals surface area contributed by atoms with Crippen LogP contribution in [0.25, 0.3) is 0 Å². The summed E-state index contributed by atoms with van der Waals surface area (Å²) in [6, 6.07) is -1.72. The van der Waals surface area contributed by atoms with E-state index in [9.17, 15) is 14.4 Å².